The Morgan fingerprint density at radius 3 is 2.35 bits per heavy atom. The minimum atomic E-state index is -4.64. The van der Waals surface area contributed by atoms with Crippen LogP contribution >= 0.6 is 11.6 Å². The maximum absolute atomic E-state index is 13.3. The molecule has 1 aliphatic heterocycles. The van der Waals surface area contributed by atoms with Crippen molar-refractivity contribution >= 4 is 27.3 Å². The second kappa shape index (κ2) is 8.47. The molecule has 2 aromatic rings. The van der Waals surface area contributed by atoms with Crippen molar-refractivity contribution in [2.24, 2.45) is 5.92 Å². The normalized spacial score (nSPS) is 18.3. The van der Waals surface area contributed by atoms with Crippen LogP contribution in [0.1, 0.15) is 37.8 Å². The van der Waals surface area contributed by atoms with E-state index >= 15 is 0 Å². The van der Waals surface area contributed by atoms with Crippen molar-refractivity contribution in [1.82, 2.24) is 4.90 Å². The van der Waals surface area contributed by atoms with Gasteiger partial charge in [-0.3, -0.25) is 4.79 Å². The molecule has 1 aliphatic rings. The second-order valence-electron chi connectivity index (χ2n) is 8.27. The van der Waals surface area contributed by atoms with Crippen LogP contribution in [0.25, 0.3) is 0 Å². The fourth-order valence-electron chi connectivity index (χ4n) is 3.81. The molecule has 1 fully saturated rings. The number of carbonyl (C=O) groups is 1. The number of likely N-dealkylation sites (tertiary alicyclic amines) is 1. The van der Waals surface area contributed by atoms with Gasteiger partial charge in [0.05, 0.1) is 15.2 Å². The smallest absolute Gasteiger partial charge is 0.338 e. The lowest BCUT2D eigenvalue weighted by Crippen LogP contribution is -2.50. The summed E-state index contributed by atoms with van der Waals surface area (Å²) in [5.41, 5.74) is -0.149. The predicted molar refractivity (Wildman–Crippen MR) is 112 cm³/mol. The first kappa shape index (κ1) is 23.6. The Hall–Kier alpha value is -2.06. The van der Waals surface area contributed by atoms with Crippen LogP contribution in [0.2, 0.25) is 5.02 Å². The number of amides is 1. The molecule has 0 saturated carbocycles. The molecule has 1 unspecified atom stereocenters. The third-order valence-electron chi connectivity index (χ3n) is 5.93. The summed E-state index contributed by atoms with van der Waals surface area (Å²) in [4.78, 5) is 13.7. The molecule has 168 valence electrons. The van der Waals surface area contributed by atoms with Gasteiger partial charge in [-0.15, -0.1) is 0 Å². The van der Waals surface area contributed by atoms with Crippen LogP contribution < -0.4 is 0 Å². The third kappa shape index (κ3) is 4.90. The minimum absolute atomic E-state index is 0.0848. The van der Waals surface area contributed by atoms with Crippen LogP contribution in [0.5, 0.6) is 0 Å². The van der Waals surface area contributed by atoms with Crippen LogP contribution in [0.3, 0.4) is 0 Å². The Labute approximate surface area is 184 Å². The van der Waals surface area contributed by atoms with Crippen LogP contribution in [-0.4, -0.2) is 30.5 Å². The van der Waals surface area contributed by atoms with E-state index in [9.17, 15) is 26.4 Å². The molecule has 0 bridgehead atoms. The van der Waals surface area contributed by atoms with Gasteiger partial charge in [-0.1, -0.05) is 29.8 Å². The van der Waals surface area contributed by atoms with Gasteiger partial charge in [0.1, 0.15) is 0 Å². The van der Waals surface area contributed by atoms with Crippen LogP contribution in [-0.2, 0) is 27.4 Å². The summed E-state index contributed by atoms with van der Waals surface area (Å²) in [5, 5.41) is 0.569. The molecule has 0 aliphatic carbocycles. The van der Waals surface area contributed by atoms with Gasteiger partial charge in [-0.25, -0.2) is 8.42 Å². The summed E-state index contributed by atoms with van der Waals surface area (Å²) in [6.07, 6.45) is -4.11. The number of alkyl halides is 3. The molecule has 1 heterocycles. The number of nitrogens with zero attached hydrogens (tertiary/aromatic N) is 1. The Kier molecular flexibility index (Phi) is 6.45. The summed E-state index contributed by atoms with van der Waals surface area (Å²) in [5.74, 6) is -0.518. The zero-order chi connectivity index (χ0) is 23.0. The van der Waals surface area contributed by atoms with Gasteiger partial charge in [0.25, 0.3) is 0 Å². The fourth-order valence-corrected chi connectivity index (χ4v) is 5.71. The summed E-state index contributed by atoms with van der Waals surface area (Å²) < 4.78 is 64.6. The Morgan fingerprint density at radius 1 is 1.10 bits per heavy atom. The molecule has 9 heteroatoms. The van der Waals surface area contributed by atoms with Crippen molar-refractivity contribution in [1.29, 1.82) is 0 Å². The molecule has 0 radical (unpaired) electrons. The zero-order valence-electron chi connectivity index (χ0n) is 17.1. The molecule has 1 amide bonds. The van der Waals surface area contributed by atoms with Gasteiger partial charge in [-0.05, 0) is 62.1 Å². The summed E-state index contributed by atoms with van der Waals surface area (Å²) in [7, 11) is -4.10. The summed E-state index contributed by atoms with van der Waals surface area (Å²) in [6, 6.07) is 10.8. The number of sulfone groups is 1. The lowest BCUT2D eigenvalue weighted by Gasteiger charge is -2.41. The highest BCUT2D eigenvalue weighted by molar-refractivity contribution is 7.92. The molecule has 1 saturated heterocycles. The van der Waals surface area contributed by atoms with Crippen LogP contribution in [0.4, 0.5) is 13.2 Å². The SMILES string of the molecule is CC(C)(C1CCC(=O)N(Cc2ccc(Cl)cc2)C1)S(=O)(=O)c1cccc(C(F)(F)F)c1. The number of halogens is 4. The largest absolute Gasteiger partial charge is 0.416 e. The van der Waals surface area contributed by atoms with E-state index in [-0.39, 0.29) is 23.8 Å². The van der Waals surface area contributed by atoms with E-state index in [0.717, 1.165) is 17.7 Å². The van der Waals surface area contributed by atoms with Gasteiger partial charge in [0.15, 0.2) is 9.84 Å². The molecule has 4 nitrogen and oxygen atoms in total. The lowest BCUT2D eigenvalue weighted by molar-refractivity contribution is -0.138. The number of hydrogen-bond acceptors (Lipinski definition) is 3. The highest BCUT2D eigenvalue weighted by atomic mass is 35.5. The molecular weight excluding hydrogens is 451 g/mol. The maximum Gasteiger partial charge on any atom is 0.416 e. The first-order valence-electron chi connectivity index (χ1n) is 9.76. The molecule has 31 heavy (non-hydrogen) atoms. The van der Waals surface area contributed by atoms with E-state index in [0.29, 0.717) is 24.1 Å². The van der Waals surface area contributed by atoms with Gasteiger partial charge in [0, 0.05) is 24.5 Å². The van der Waals surface area contributed by atoms with Crippen molar-refractivity contribution in [2.45, 2.75) is 49.1 Å². The first-order chi connectivity index (χ1) is 14.3. The lowest BCUT2D eigenvalue weighted by atomic mass is 9.86. The highest BCUT2D eigenvalue weighted by Crippen LogP contribution is 2.39. The minimum Gasteiger partial charge on any atom is -0.338 e. The monoisotopic (exact) mass is 473 g/mol. The van der Waals surface area contributed by atoms with Crippen LogP contribution in [0.15, 0.2) is 53.4 Å². The maximum atomic E-state index is 13.3. The number of rotatable bonds is 5. The summed E-state index contributed by atoms with van der Waals surface area (Å²) in [6.45, 7) is 3.55. The zero-order valence-corrected chi connectivity index (χ0v) is 18.7. The molecular formula is C22H23ClF3NO3S. The van der Waals surface area contributed by atoms with Crippen molar-refractivity contribution < 1.29 is 26.4 Å². The quantitative estimate of drug-likeness (QED) is 0.588. The van der Waals surface area contributed by atoms with E-state index in [1.165, 1.54) is 19.9 Å². The standard InChI is InChI=1S/C22H23ClF3NO3S/c1-21(2,31(29,30)19-5-3-4-16(12-19)22(24,25)26)17-8-11-20(28)27(14-17)13-15-6-9-18(23)10-7-15/h3-7,9-10,12,17H,8,11,13-14H2,1-2H3. The molecule has 0 N–H and O–H groups in total. The van der Waals surface area contributed by atoms with Gasteiger partial charge in [0.2, 0.25) is 5.91 Å². The van der Waals surface area contributed by atoms with E-state index in [1.54, 1.807) is 29.2 Å². The van der Waals surface area contributed by atoms with Crippen molar-refractivity contribution in [3.05, 3.63) is 64.7 Å². The van der Waals surface area contributed by atoms with Gasteiger partial charge >= 0.3 is 6.18 Å². The fraction of sp³-hybridized carbons (Fsp3) is 0.409. The average Bonchev–Trinajstić information content (AvgIpc) is 2.70. The van der Waals surface area contributed by atoms with Gasteiger partial charge in [-0.2, -0.15) is 13.2 Å². The topological polar surface area (TPSA) is 54.5 Å². The third-order valence-corrected chi connectivity index (χ3v) is 8.78. The Balaban J connectivity index is 1.86. The molecule has 2 aromatic carbocycles. The van der Waals surface area contributed by atoms with Crippen molar-refractivity contribution in [3.8, 4) is 0 Å². The second-order valence-corrected chi connectivity index (χ2v) is 11.2. The Morgan fingerprint density at radius 2 is 1.74 bits per heavy atom. The van der Waals surface area contributed by atoms with E-state index in [1.807, 2.05) is 0 Å². The first-order valence-corrected chi connectivity index (χ1v) is 11.6. The number of carbonyl (C=O) groups excluding carboxylic acids is 1. The molecule has 0 aromatic heterocycles. The highest BCUT2D eigenvalue weighted by Gasteiger charge is 2.46. The Bertz CT molecular complexity index is 1070. The summed E-state index contributed by atoms with van der Waals surface area (Å²) >= 11 is 5.90. The number of hydrogen-bond donors (Lipinski definition) is 0. The van der Waals surface area contributed by atoms with E-state index in [4.69, 9.17) is 11.6 Å². The van der Waals surface area contributed by atoms with E-state index < -0.39 is 32.2 Å². The van der Waals surface area contributed by atoms with Crippen molar-refractivity contribution in [3.63, 3.8) is 0 Å². The molecule has 1 atom stereocenters. The van der Waals surface area contributed by atoms with Crippen molar-refractivity contribution in [2.75, 3.05) is 6.54 Å². The van der Waals surface area contributed by atoms with Crippen LogP contribution in [0, 0.1) is 5.92 Å². The number of piperidine rings is 1. The van der Waals surface area contributed by atoms with Gasteiger partial charge < -0.3 is 4.90 Å². The average molecular weight is 474 g/mol. The van der Waals surface area contributed by atoms with E-state index in [2.05, 4.69) is 0 Å². The molecule has 3 rings (SSSR count). The number of benzene rings is 2. The molecule has 0 spiro atoms. The predicted octanol–water partition coefficient (Wildman–Crippen LogP) is 5.35.